The van der Waals surface area contributed by atoms with Gasteiger partial charge in [0.2, 0.25) is 0 Å². The molecule has 0 atom stereocenters. The molecule has 124 heavy (non-hydrogen) atoms. The Labute approximate surface area is 732 Å². The molecule has 0 radical (unpaired) electrons. The van der Waals surface area contributed by atoms with E-state index < -0.39 is 11.5 Å². The molecule has 0 spiro atoms. The third-order valence-corrected chi connectivity index (χ3v) is 27.3. The first kappa shape index (κ1) is 80.4. The van der Waals surface area contributed by atoms with Crippen LogP contribution in [0.1, 0.15) is 186 Å². The van der Waals surface area contributed by atoms with Gasteiger partial charge in [0.05, 0.1) is 60.8 Å². The van der Waals surface area contributed by atoms with Gasteiger partial charge in [-0.25, -0.2) is 14.8 Å². The Bertz CT molecular complexity index is 7330. The van der Waals surface area contributed by atoms with Crippen molar-refractivity contribution in [1.29, 1.82) is 5.26 Å². The maximum Gasteiger partial charge on any atom is 0.347 e. The van der Waals surface area contributed by atoms with Gasteiger partial charge in [0.25, 0.3) is 0 Å². The number of nitrogens with zero attached hydrogens (tertiary/aromatic N) is 6. The van der Waals surface area contributed by atoms with Crippen molar-refractivity contribution in [3.05, 3.63) is 303 Å². The zero-order chi connectivity index (χ0) is 86.8. The molecule has 0 fully saturated rings. The lowest BCUT2D eigenvalue weighted by Crippen LogP contribution is -2.10. The van der Waals surface area contributed by atoms with E-state index in [4.69, 9.17) is 9.97 Å². The molecule has 0 aliphatic carbocycles. The fourth-order valence-electron chi connectivity index (χ4n) is 17.9. The lowest BCUT2D eigenvalue weighted by molar-refractivity contribution is -0.132. The van der Waals surface area contributed by atoms with E-state index in [9.17, 15) is 15.2 Å². The second-order valence-corrected chi connectivity index (χ2v) is 41.8. The third-order valence-electron chi connectivity index (χ3n) is 25.0. The van der Waals surface area contributed by atoms with Crippen LogP contribution in [-0.2, 0) is 37.3 Å². The fraction of sp³-hybridized carbons (Fsp3) is 0.214. The molecule has 0 saturated heterocycles. The number of carbonyl (C=O) groups is 1. The van der Waals surface area contributed by atoms with Gasteiger partial charge in [0.1, 0.15) is 11.6 Å². The number of thiophene rings is 2. The van der Waals surface area contributed by atoms with Crippen molar-refractivity contribution < 1.29 is 9.90 Å². The average Bonchev–Trinajstić information content (AvgIpc) is 1.59. The van der Waals surface area contributed by atoms with Gasteiger partial charge in [-0.1, -0.05) is 209 Å². The van der Waals surface area contributed by atoms with Gasteiger partial charge in [-0.2, -0.15) is 5.26 Å². The van der Waals surface area contributed by atoms with Crippen molar-refractivity contribution in [3.8, 4) is 88.5 Å². The minimum atomic E-state index is -1.31. The largest absolute Gasteiger partial charge is 0.477 e. The third kappa shape index (κ3) is 14.3. The van der Waals surface area contributed by atoms with E-state index in [1.165, 1.54) is 77.0 Å². The number of carboxylic acids is 1. The molecule has 0 amide bonds. The molecule has 0 saturated carbocycles. The molecule has 10 nitrogen and oxygen atoms in total. The Hall–Kier alpha value is -13.4. The summed E-state index contributed by atoms with van der Waals surface area (Å²) in [5.74, 6) is 4.56. The highest BCUT2D eigenvalue weighted by atomic mass is 32.1. The molecule has 3 N–H and O–H groups in total. The topological polar surface area (TPSA) is 133 Å². The summed E-state index contributed by atoms with van der Waals surface area (Å²) in [6.07, 6.45) is 9.86. The standard InChI is InChI=1S/C112H100N8O2S2/c1-107(2,3)69-28-49-93-79(58-69)80-59-70(108(4,5)6)29-50-94(80)118(93)75-34-22-65(23-35-75)102-85-41-43-87(114-85)103(66-24-36-76(37-25-66)119-95-51-30-71(109(7,8)9)60-81(95)82-61-72(110(10,11)12)31-52-96(82)119)89-45-47-91(116-89)105(101-57-56-100(124-101)99-55-40-78(123-99)21-19-20-68(64-113)106(121)122)92-48-46-90(117-92)104(88-44-42-86(102)115-88)67-26-38-77(39-27-67)120-97-53-32-73(111(13,14)15)62-83(97)84-63-74(112(16,17)18)33-54-98(84)120/h20,22-63,114,117H,1-18H3,(H,121,122)/b68-20-,102-85?,102-86?,103-87?,103-89?,104-88?,104-90?,105-91?,105-92?. The van der Waals surface area contributed by atoms with Gasteiger partial charge < -0.3 is 28.8 Å². The van der Waals surface area contributed by atoms with Crippen LogP contribution in [0.3, 0.4) is 0 Å². The Morgan fingerprint density at radius 1 is 0.339 bits per heavy atom. The van der Waals surface area contributed by atoms with E-state index in [1.54, 1.807) is 17.4 Å². The van der Waals surface area contributed by atoms with Crippen LogP contribution in [0, 0.1) is 23.2 Å². The molecule has 19 rings (SSSR count). The van der Waals surface area contributed by atoms with Crippen LogP contribution in [0.15, 0.2) is 242 Å². The first-order valence-electron chi connectivity index (χ1n) is 42.8. The number of aromatic amines is 2. The number of nitrogens with one attached hydrogen (secondary N) is 2. The number of hydrogen-bond acceptors (Lipinski definition) is 6. The second kappa shape index (κ2) is 29.4. The quantitative estimate of drug-likeness (QED) is 0.0752. The molecular formula is C112H100N8O2S2. The summed E-state index contributed by atoms with van der Waals surface area (Å²) in [6, 6.07) is 88.2. The van der Waals surface area contributed by atoms with Crippen molar-refractivity contribution in [2.45, 2.75) is 157 Å². The van der Waals surface area contributed by atoms with Crippen molar-refractivity contribution in [3.63, 3.8) is 0 Å². The van der Waals surface area contributed by atoms with Crippen LogP contribution in [0.5, 0.6) is 0 Å². The van der Waals surface area contributed by atoms with Crippen LogP contribution < -0.4 is 0 Å². The highest BCUT2D eigenvalue weighted by Crippen LogP contribution is 2.48. The van der Waals surface area contributed by atoms with Gasteiger partial charge in [0, 0.05) is 114 Å². The molecule has 8 aromatic heterocycles. The zero-order valence-corrected chi connectivity index (χ0v) is 75.3. The number of rotatable bonds is 9. The highest BCUT2D eigenvalue weighted by molar-refractivity contribution is 7.24. The van der Waals surface area contributed by atoms with Gasteiger partial charge >= 0.3 is 5.97 Å². The maximum absolute atomic E-state index is 11.7. The van der Waals surface area contributed by atoms with Crippen molar-refractivity contribution in [2.75, 3.05) is 0 Å². The Balaban J connectivity index is 0.846. The van der Waals surface area contributed by atoms with Crippen molar-refractivity contribution in [1.82, 2.24) is 33.6 Å². The molecule has 8 bridgehead atoms. The summed E-state index contributed by atoms with van der Waals surface area (Å²) in [4.78, 5) is 35.4. The van der Waals surface area contributed by atoms with Gasteiger partial charge in [-0.15, -0.1) is 22.7 Å². The fourth-order valence-corrected chi connectivity index (χ4v) is 19.9. The molecule has 17 aromatic rings. The zero-order valence-electron chi connectivity index (χ0n) is 73.7. The minimum Gasteiger partial charge on any atom is -0.477 e. The molecule has 2 aliphatic heterocycles. The molecular weight excluding hydrogens is 1550 g/mol. The minimum absolute atomic E-state index is 0.0435. The maximum atomic E-state index is 11.7. The van der Waals surface area contributed by atoms with Crippen LogP contribution >= 0.6 is 22.7 Å². The Kier molecular flexibility index (Phi) is 19.1. The molecule has 2 aliphatic rings. The number of benzene rings is 9. The monoisotopic (exact) mass is 1650 g/mol. The number of allylic oxidation sites excluding steroid dienone is 1. The number of aliphatic carboxylic acids is 1. The molecule has 0 unspecified atom stereocenters. The number of carboxylic acid groups (broad SMARTS) is 1. The molecule has 9 aromatic carbocycles. The van der Waals surface area contributed by atoms with E-state index in [0.29, 0.717) is 0 Å². The predicted octanol–water partition coefficient (Wildman–Crippen LogP) is 30.1. The van der Waals surface area contributed by atoms with Crippen molar-refractivity contribution >= 4 is 140 Å². The average molecular weight is 1650 g/mol. The number of fused-ring (bicyclic) bond motifs is 17. The van der Waals surface area contributed by atoms with E-state index in [2.05, 4.69) is 403 Å². The van der Waals surface area contributed by atoms with E-state index in [1.807, 2.05) is 12.1 Å². The van der Waals surface area contributed by atoms with Crippen LogP contribution in [0.25, 0.3) is 182 Å². The lowest BCUT2D eigenvalue weighted by atomic mass is 9.85. The van der Waals surface area contributed by atoms with E-state index in [-0.39, 0.29) is 32.5 Å². The summed E-state index contributed by atoms with van der Waals surface area (Å²) >= 11 is 3.18. The van der Waals surface area contributed by atoms with Crippen LogP contribution in [0.4, 0.5) is 0 Å². The summed E-state index contributed by atoms with van der Waals surface area (Å²) < 4.78 is 7.29. The smallest absolute Gasteiger partial charge is 0.347 e. The summed E-state index contributed by atoms with van der Waals surface area (Å²) in [5, 5.41) is 26.4. The summed E-state index contributed by atoms with van der Waals surface area (Å²) in [5.41, 5.74) is 30.6. The first-order chi connectivity index (χ1) is 59.0. The Morgan fingerprint density at radius 2 is 0.605 bits per heavy atom. The van der Waals surface area contributed by atoms with Crippen LogP contribution in [-0.4, -0.2) is 44.7 Å². The predicted molar refractivity (Wildman–Crippen MR) is 525 cm³/mol. The molecule has 10 heterocycles. The van der Waals surface area contributed by atoms with E-state index in [0.717, 1.165) is 160 Å². The van der Waals surface area contributed by atoms with Gasteiger partial charge in [0.15, 0.2) is 0 Å². The van der Waals surface area contributed by atoms with Crippen LogP contribution in [0.2, 0.25) is 0 Å². The second-order valence-electron chi connectivity index (χ2n) is 39.6. The lowest BCUT2D eigenvalue weighted by Gasteiger charge is -2.19. The molecule has 612 valence electrons. The first-order valence-corrected chi connectivity index (χ1v) is 44.4. The molecule has 12 heteroatoms. The number of H-pyrrole nitrogens is 2. The number of aromatic nitrogens is 7. The van der Waals surface area contributed by atoms with Gasteiger partial charge in [-0.3, -0.25) is 0 Å². The summed E-state index contributed by atoms with van der Waals surface area (Å²) in [6.45, 7) is 41.3. The highest BCUT2D eigenvalue weighted by Gasteiger charge is 2.29. The van der Waals surface area contributed by atoms with Crippen molar-refractivity contribution in [2.24, 2.45) is 0 Å². The van der Waals surface area contributed by atoms with Gasteiger partial charge in [-0.05, 0) is 265 Å². The number of nitriles is 1. The number of hydrogen-bond donors (Lipinski definition) is 3. The SMILES string of the molecule is CC(C)(C)c1ccc2c(c1)c1cc(C(C)(C)C)ccc1n2-c1ccc(-c2c3nc(c(-c4ccc(-n5c6ccc(C(C)(C)C)cc6c6cc(C(C)(C)C)ccc65)cc4)c4ccc([nH]4)c(-c4ccc(-c5ccc(C#C/C=C(/C#N)C(=O)O)s5)s4)c4nc(c(-c5ccc(-n6c7ccc(C(C)(C)C)cc7c7cc(C(C)(C)C)ccc76)cc5)c5ccc2[nH]5)C=C4)C=C3)cc1. The van der Waals surface area contributed by atoms with E-state index >= 15 is 0 Å². The normalized spacial score (nSPS) is 13.1. The Morgan fingerprint density at radius 3 is 0.887 bits per heavy atom. The summed E-state index contributed by atoms with van der Waals surface area (Å²) in [7, 11) is 0.